The second-order valence-electron chi connectivity index (χ2n) is 5.66. The number of ether oxygens (including phenoxy) is 1. The van der Waals surface area contributed by atoms with E-state index in [-0.39, 0.29) is 0 Å². The molecule has 1 heterocycles. The number of aliphatic carboxylic acids is 2. The van der Waals surface area contributed by atoms with Gasteiger partial charge >= 0.3 is 11.9 Å². The molecular formula is C17H24BrClN2O5. The van der Waals surface area contributed by atoms with Crippen LogP contribution in [0.25, 0.3) is 0 Å². The van der Waals surface area contributed by atoms with Gasteiger partial charge in [-0.3, -0.25) is 0 Å². The summed E-state index contributed by atoms with van der Waals surface area (Å²) in [5, 5.41) is 15.5. The van der Waals surface area contributed by atoms with Crippen LogP contribution >= 0.6 is 27.5 Å². The highest BCUT2D eigenvalue weighted by molar-refractivity contribution is 9.10. The predicted molar refractivity (Wildman–Crippen MR) is 103 cm³/mol. The summed E-state index contributed by atoms with van der Waals surface area (Å²) in [4.78, 5) is 23.2. The van der Waals surface area contributed by atoms with Crippen LogP contribution in [0.4, 0.5) is 0 Å². The highest BCUT2D eigenvalue weighted by Crippen LogP contribution is 2.27. The number of hydrogen-bond acceptors (Lipinski definition) is 5. The zero-order valence-corrected chi connectivity index (χ0v) is 17.0. The lowest BCUT2D eigenvalue weighted by molar-refractivity contribution is -0.159. The third-order valence-electron chi connectivity index (χ3n) is 3.87. The molecule has 0 bridgehead atoms. The first kappa shape index (κ1) is 22.7. The minimum Gasteiger partial charge on any atom is -0.492 e. The fraction of sp³-hybridized carbons (Fsp3) is 0.529. The fourth-order valence-corrected chi connectivity index (χ4v) is 3.19. The van der Waals surface area contributed by atoms with Crippen LogP contribution in [0.15, 0.2) is 22.7 Å². The molecule has 0 aromatic heterocycles. The van der Waals surface area contributed by atoms with Crippen LogP contribution in [-0.4, -0.2) is 77.8 Å². The van der Waals surface area contributed by atoms with Gasteiger partial charge in [0.15, 0.2) is 0 Å². The Morgan fingerprint density at radius 1 is 1.15 bits per heavy atom. The van der Waals surface area contributed by atoms with Crippen molar-refractivity contribution in [3.8, 4) is 5.75 Å². The number of piperazine rings is 1. The highest BCUT2D eigenvalue weighted by Gasteiger charge is 2.14. The number of rotatable bonds is 6. The van der Waals surface area contributed by atoms with E-state index in [1.54, 1.807) is 0 Å². The molecule has 0 amide bonds. The van der Waals surface area contributed by atoms with Gasteiger partial charge in [-0.2, -0.15) is 0 Å². The average Bonchev–Trinajstić information content (AvgIpc) is 2.61. The molecule has 0 atom stereocenters. The van der Waals surface area contributed by atoms with E-state index in [4.69, 9.17) is 36.1 Å². The summed E-state index contributed by atoms with van der Waals surface area (Å²) < 4.78 is 6.70. The summed E-state index contributed by atoms with van der Waals surface area (Å²) in [6.07, 6.45) is 1.06. The molecule has 1 aromatic carbocycles. The van der Waals surface area contributed by atoms with Gasteiger partial charge in [0.05, 0.1) is 11.1 Å². The number of likely N-dealkylation sites (N-methyl/N-ethyl adjacent to an activating group) is 1. The van der Waals surface area contributed by atoms with Crippen LogP contribution in [0.1, 0.15) is 13.3 Å². The number of carboxylic acid groups (broad SMARTS) is 2. The largest absolute Gasteiger partial charge is 0.492 e. The first-order valence-corrected chi connectivity index (χ1v) is 9.49. The summed E-state index contributed by atoms with van der Waals surface area (Å²) in [6, 6.07) is 5.62. The standard InChI is InChI=1S/C15H22BrClN2O.C2H2O4/c1-2-18-7-9-19(10-8-18)6-3-11-20-15-5-4-13(17)12-14(15)16;3-1(4)2(5)6/h4-5,12H,2-3,6-11H2,1H3;(H,3,4)(H,5,6). The van der Waals surface area contributed by atoms with Crippen molar-refractivity contribution in [2.45, 2.75) is 13.3 Å². The third kappa shape index (κ3) is 8.84. The van der Waals surface area contributed by atoms with E-state index in [1.807, 2.05) is 18.2 Å². The summed E-state index contributed by atoms with van der Waals surface area (Å²) in [7, 11) is 0. The van der Waals surface area contributed by atoms with Crippen LogP contribution in [-0.2, 0) is 9.59 Å². The second kappa shape index (κ2) is 12.1. The van der Waals surface area contributed by atoms with Gasteiger partial charge in [-0.25, -0.2) is 9.59 Å². The molecule has 2 N–H and O–H groups in total. The molecule has 1 aromatic rings. The van der Waals surface area contributed by atoms with E-state index in [2.05, 4.69) is 32.7 Å². The Balaban J connectivity index is 0.000000487. The quantitative estimate of drug-likeness (QED) is 0.507. The SMILES string of the molecule is CCN1CCN(CCCOc2ccc(Cl)cc2Br)CC1.O=C(O)C(=O)O. The summed E-state index contributed by atoms with van der Waals surface area (Å²) in [5.41, 5.74) is 0. The molecule has 1 aliphatic rings. The van der Waals surface area contributed by atoms with Gasteiger partial charge in [0, 0.05) is 37.7 Å². The smallest absolute Gasteiger partial charge is 0.414 e. The van der Waals surface area contributed by atoms with E-state index in [9.17, 15) is 0 Å². The number of carboxylic acids is 2. The van der Waals surface area contributed by atoms with Crippen LogP contribution in [0.3, 0.4) is 0 Å². The van der Waals surface area contributed by atoms with Crippen molar-refractivity contribution in [1.82, 2.24) is 9.80 Å². The zero-order valence-electron chi connectivity index (χ0n) is 14.7. The molecule has 0 spiro atoms. The average molecular weight is 452 g/mol. The maximum atomic E-state index is 9.10. The van der Waals surface area contributed by atoms with Crippen molar-refractivity contribution in [3.05, 3.63) is 27.7 Å². The number of halogens is 2. The Bertz CT molecular complexity index is 583. The van der Waals surface area contributed by atoms with Crippen LogP contribution in [0.2, 0.25) is 5.02 Å². The lowest BCUT2D eigenvalue weighted by Crippen LogP contribution is -2.46. The molecule has 0 unspecified atom stereocenters. The molecule has 0 saturated carbocycles. The maximum absolute atomic E-state index is 9.10. The van der Waals surface area contributed by atoms with Crippen molar-refractivity contribution >= 4 is 39.5 Å². The van der Waals surface area contributed by atoms with E-state index in [0.717, 1.165) is 34.8 Å². The molecule has 9 heteroatoms. The van der Waals surface area contributed by atoms with E-state index >= 15 is 0 Å². The molecule has 1 saturated heterocycles. The minimum atomic E-state index is -1.82. The van der Waals surface area contributed by atoms with E-state index in [0.29, 0.717) is 0 Å². The Kier molecular flexibility index (Phi) is 10.6. The molecule has 2 rings (SSSR count). The highest BCUT2D eigenvalue weighted by atomic mass is 79.9. The first-order chi connectivity index (χ1) is 12.3. The molecule has 7 nitrogen and oxygen atoms in total. The zero-order chi connectivity index (χ0) is 19.5. The van der Waals surface area contributed by atoms with Gasteiger partial charge in [0.1, 0.15) is 5.75 Å². The van der Waals surface area contributed by atoms with Gasteiger partial charge in [0.25, 0.3) is 0 Å². The van der Waals surface area contributed by atoms with E-state index < -0.39 is 11.9 Å². The monoisotopic (exact) mass is 450 g/mol. The number of nitrogens with zero attached hydrogens (tertiary/aromatic N) is 2. The Morgan fingerprint density at radius 2 is 1.73 bits per heavy atom. The van der Waals surface area contributed by atoms with Crippen molar-refractivity contribution in [1.29, 1.82) is 0 Å². The number of hydrogen-bond donors (Lipinski definition) is 2. The van der Waals surface area contributed by atoms with Crippen molar-refractivity contribution < 1.29 is 24.5 Å². The Hall–Kier alpha value is -1.35. The van der Waals surface area contributed by atoms with E-state index in [1.165, 1.54) is 32.7 Å². The second-order valence-corrected chi connectivity index (χ2v) is 6.95. The molecular weight excluding hydrogens is 428 g/mol. The topological polar surface area (TPSA) is 90.3 Å². The van der Waals surface area contributed by atoms with Gasteiger partial charge in [-0.1, -0.05) is 18.5 Å². The van der Waals surface area contributed by atoms with Gasteiger partial charge in [-0.15, -0.1) is 0 Å². The molecule has 0 radical (unpaired) electrons. The summed E-state index contributed by atoms with van der Waals surface area (Å²) in [5.74, 6) is -2.78. The van der Waals surface area contributed by atoms with Crippen molar-refractivity contribution in [2.75, 3.05) is 45.9 Å². The van der Waals surface area contributed by atoms with Crippen molar-refractivity contribution in [3.63, 3.8) is 0 Å². The Morgan fingerprint density at radius 3 is 2.23 bits per heavy atom. The van der Waals surface area contributed by atoms with Gasteiger partial charge < -0.3 is 24.7 Å². The van der Waals surface area contributed by atoms with Crippen LogP contribution in [0.5, 0.6) is 5.75 Å². The number of carbonyl (C=O) groups is 2. The normalized spacial score (nSPS) is 15.0. The van der Waals surface area contributed by atoms with Crippen LogP contribution in [0, 0.1) is 0 Å². The predicted octanol–water partition coefficient (Wildman–Crippen LogP) is 2.66. The molecule has 146 valence electrons. The maximum Gasteiger partial charge on any atom is 0.414 e. The first-order valence-electron chi connectivity index (χ1n) is 8.32. The Labute approximate surface area is 166 Å². The molecule has 1 fully saturated rings. The summed E-state index contributed by atoms with van der Waals surface area (Å²) >= 11 is 9.37. The van der Waals surface area contributed by atoms with Gasteiger partial charge in [-0.05, 0) is 47.1 Å². The molecule has 0 aliphatic carbocycles. The van der Waals surface area contributed by atoms with Crippen molar-refractivity contribution in [2.24, 2.45) is 0 Å². The molecule has 26 heavy (non-hydrogen) atoms. The van der Waals surface area contributed by atoms with Crippen LogP contribution < -0.4 is 4.74 Å². The number of benzene rings is 1. The fourth-order valence-electron chi connectivity index (χ4n) is 2.39. The summed E-state index contributed by atoms with van der Waals surface area (Å²) in [6.45, 7) is 10.0. The lowest BCUT2D eigenvalue weighted by atomic mass is 10.3. The minimum absolute atomic E-state index is 0.720. The lowest BCUT2D eigenvalue weighted by Gasteiger charge is -2.33. The molecule has 1 aliphatic heterocycles. The third-order valence-corrected chi connectivity index (χ3v) is 4.72. The van der Waals surface area contributed by atoms with Gasteiger partial charge in [0.2, 0.25) is 0 Å².